The van der Waals surface area contributed by atoms with Crippen LogP contribution in [0.15, 0.2) is 18.2 Å². The molecular formula is C15H21ClFNO. The summed E-state index contributed by atoms with van der Waals surface area (Å²) in [5, 5.41) is 4.03. The van der Waals surface area contributed by atoms with Gasteiger partial charge in [0.25, 0.3) is 0 Å². The molecule has 1 aliphatic rings. The third-order valence-corrected chi connectivity index (χ3v) is 3.88. The smallest absolute Gasteiger partial charge is 0.126 e. The second-order valence-electron chi connectivity index (χ2n) is 5.75. The molecule has 0 bridgehead atoms. The van der Waals surface area contributed by atoms with E-state index in [0.717, 1.165) is 19.6 Å². The van der Waals surface area contributed by atoms with E-state index in [2.05, 4.69) is 19.2 Å². The molecule has 1 atom stereocenters. The molecule has 0 radical (unpaired) electrons. The molecule has 1 aromatic rings. The predicted octanol–water partition coefficient (Wildman–Crippen LogP) is 3.43. The zero-order valence-electron chi connectivity index (χ0n) is 11.5. The molecule has 0 aromatic heterocycles. The van der Waals surface area contributed by atoms with Crippen molar-refractivity contribution in [1.82, 2.24) is 5.32 Å². The lowest BCUT2D eigenvalue weighted by atomic mass is 9.80. The summed E-state index contributed by atoms with van der Waals surface area (Å²) >= 11 is 5.96. The van der Waals surface area contributed by atoms with Crippen LogP contribution in [-0.4, -0.2) is 25.8 Å². The number of nitrogens with one attached hydrogen (secondary N) is 1. The maximum atomic E-state index is 13.9. The Kier molecular flexibility index (Phi) is 4.82. The number of rotatable bonds is 5. The van der Waals surface area contributed by atoms with Crippen molar-refractivity contribution < 1.29 is 9.13 Å². The summed E-state index contributed by atoms with van der Waals surface area (Å²) in [6, 6.07) is 5.18. The van der Waals surface area contributed by atoms with Crippen molar-refractivity contribution in [2.24, 2.45) is 5.41 Å². The van der Waals surface area contributed by atoms with Crippen LogP contribution < -0.4 is 5.32 Å². The largest absolute Gasteiger partial charge is 0.381 e. The van der Waals surface area contributed by atoms with Crippen LogP contribution in [0.4, 0.5) is 4.39 Å². The number of ether oxygens (including phenoxy) is 1. The molecule has 2 nitrogen and oxygen atoms in total. The Bertz CT molecular complexity index is 430. The van der Waals surface area contributed by atoms with Gasteiger partial charge in [0.15, 0.2) is 0 Å². The molecule has 1 aliphatic heterocycles. The van der Waals surface area contributed by atoms with Gasteiger partial charge in [-0.05, 0) is 36.6 Å². The Hall–Kier alpha value is -0.640. The number of hydrogen-bond acceptors (Lipinski definition) is 2. The molecule has 2 rings (SSSR count). The molecule has 0 aliphatic carbocycles. The molecule has 1 unspecified atom stereocenters. The Morgan fingerprint density at radius 3 is 2.89 bits per heavy atom. The summed E-state index contributed by atoms with van der Waals surface area (Å²) in [5.41, 5.74) is 0.666. The van der Waals surface area contributed by atoms with Crippen molar-refractivity contribution in [2.75, 3.05) is 19.8 Å². The lowest BCUT2D eigenvalue weighted by molar-refractivity contribution is 0.147. The minimum atomic E-state index is -0.180. The Morgan fingerprint density at radius 1 is 1.47 bits per heavy atom. The summed E-state index contributed by atoms with van der Waals surface area (Å²) in [6.07, 6.45) is 1.62. The van der Waals surface area contributed by atoms with Crippen molar-refractivity contribution in [3.63, 3.8) is 0 Å². The van der Waals surface area contributed by atoms with Gasteiger partial charge >= 0.3 is 0 Å². The van der Waals surface area contributed by atoms with Crippen LogP contribution in [0.3, 0.4) is 0 Å². The minimum absolute atomic E-state index is 0.0181. The van der Waals surface area contributed by atoms with Gasteiger partial charge in [0.1, 0.15) is 5.82 Å². The van der Waals surface area contributed by atoms with E-state index in [1.54, 1.807) is 12.1 Å². The monoisotopic (exact) mass is 285 g/mol. The van der Waals surface area contributed by atoms with Crippen LogP contribution >= 0.6 is 11.6 Å². The van der Waals surface area contributed by atoms with Crippen molar-refractivity contribution in [3.8, 4) is 0 Å². The van der Waals surface area contributed by atoms with Gasteiger partial charge in [-0.1, -0.05) is 25.4 Å². The highest BCUT2D eigenvalue weighted by molar-refractivity contribution is 6.30. The van der Waals surface area contributed by atoms with E-state index in [1.165, 1.54) is 6.07 Å². The normalized spacial score (nSPS) is 23.2. The lowest BCUT2D eigenvalue weighted by Gasteiger charge is -2.29. The highest BCUT2D eigenvalue weighted by Crippen LogP contribution is 2.33. The SMILES string of the molecule is CC(C)NCC1(Cc2cc(Cl)ccc2F)CCOC1. The van der Waals surface area contributed by atoms with Crippen LogP contribution in [0.1, 0.15) is 25.8 Å². The minimum Gasteiger partial charge on any atom is -0.381 e. The number of hydrogen-bond donors (Lipinski definition) is 1. The molecule has 1 aromatic carbocycles. The number of halogens is 2. The van der Waals surface area contributed by atoms with Crippen LogP contribution in [0, 0.1) is 11.2 Å². The van der Waals surface area contributed by atoms with Gasteiger partial charge in [-0.3, -0.25) is 0 Å². The third kappa shape index (κ3) is 3.91. The maximum absolute atomic E-state index is 13.9. The molecule has 1 heterocycles. The highest BCUT2D eigenvalue weighted by atomic mass is 35.5. The van der Waals surface area contributed by atoms with E-state index < -0.39 is 0 Å². The molecule has 0 spiro atoms. The van der Waals surface area contributed by atoms with Crippen molar-refractivity contribution in [2.45, 2.75) is 32.7 Å². The first kappa shape index (κ1) is 14.8. The zero-order valence-corrected chi connectivity index (χ0v) is 12.3. The standard InChI is InChI=1S/C15H21ClFNO/c1-11(2)18-9-15(5-6-19-10-15)8-12-7-13(16)3-4-14(12)17/h3-4,7,11,18H,5-6,8-10H2,1-2H3. The van der Waals surface area contributed by atoms with Crippen LogP contribution in [0.25, 0.3) is 0 Å². The first-order valence-corrected chi connectivity index (χ1v) is 7.14. The second kappa shape index (κ2) is 6.21. The van der Waals surface area contributed by atoms with Crippen LogP contribution in [-0.2, 0) is 11.2 Å². The van der Waals surface area contributed by atoms with Gasteiger partial charge in [0.2, 0.25) is 0 Å². The quantitative estimate of drug-likeness (QED) is 0.895. The summed E-state index contributed by atoms with van der Waals surface area (Å²) in [6.45, 7) is 6.50. The summed E-state index contributed by atoms with van der Waals surface area (Å²) in [7, 11) is 0. The Morgan fingerprint density at radius 2 is 2.26 bits per heavy atom. The molecule has 1 saturated heterocycles. The molecular weight excluding hydrogens is 265 g/mol. The topological polar surface area (TPSA) is 21.3 Å². The van der Waals surface area contributed by atoms with Gasteiger partial charge < -0.3 is 10.1 Å². The fourth-order valence-corrected chi connectivity index (χ4v) is 2.69. The van der Waals surface area contributed by atoms with E-state index >= 15 is 0 Å². The van der Waals surface area contributed by atoms with Crippen LogP contribution in [0.5, 0.6) is 0 Å². The van der Waals surface area contributed by atoms with Crippen LogP contribution in [0.2, 0.25) is 5.02 Å². The van der Waals surface area contributed by atoms with Crippen molar-refractivity contribution in [1.29, 1.82) is 0 Å². The Balaban J connectivity index is 2.13. The molecule has 0 amide bonds. The second-order valence-corrected chi connectivity index (χ2v) is 6.19. The zero-order chi connectivity index (χ0) is 13.9. The molecule has 4 heteroatoms. The van der Waals surface area contributed by atoms with Crippen molar-refractivity contribution >= 4 is 11.6 Å². The molecule has 1 fully saturated rings. The molecule has 1 N–H and O–H groups in total. The third-order valence-electron chi connectivity index (χ3n) is 3.64. The average Bonchev–Trinajstić information content (AvgIpc) is 2.81. The average molecular weight is 286 g/mol. The maximum Gasteiger partial charge on any atom is 0.126 e. The lowest BCUT2D eigenvalue weighted by Crippen LogP contribution is -2.39. The highest BCUT2D eigenvalue weighted by Gasteiger charge is 2.35. The summed E-state index contributed by atoms with van der Waals surface area (Å²) in [5.74, 6) is -0.180. The molecule has 19 heavy (non-hydrogen) atoms. The number of benzene rings is 1. The van der Waals surface area contributed by atoms with E-state index in [4.69, 9.17) is 16.3 Å². The first-order valence-electron chi connectivity index (χ1n) is 6.76. The van der Waals surface area contributed by atoms with E-state index in [9.17, 15) is 4.39 Å². The van der Waals surface area contributed by atoms with Gasteiger partial charge in [-0.25, -0.2) is 4.39 Å². The molecule has 0 saturated carbocycles. The van der Waals surface area contributed by atoms with E-state index in [-0.39, 0.29) is 11.2 Å². The van der Waals surface area contributed by atoms with Crippen molar-refractivity contribution in [3.05, 3.63) is 34.6 Å². The predicted molar refractivity (Wildman–Crippen MR) is 76.1 cm³/mol. The summed E-state index contributed by atoms with van der Waals surface area (Å²) in [4.78, 5) is 0. The van der Waals surface area contributed by atoms with Gasteiger partial charge in [0, 0.05) is 29.6 Å². The van der Waals surface area contributed by atoms with E-state index in [0.29, 0.717) is 29.7 Å². The van der Waals surface area contributed by atoms with E-state index in [1.807, 2.05) is 0 Å². The Labute approximate surface area is 119 Å². The van der Waals surface area contributed by atoms with Gasteiger partial charge in [-0.15, -0.1) is 0 Å². The fraction of sp³-hybridized carbons (Fsp3) is 0.600. The summed E-state index contributed by atoms with van der Waals surface area (Å²) < 4.78 is 19.4. The van der Waals surface area contributed by atoms with Gasteiger partial charge in [0.05, 0.1) is 6.61 Å². The fourth-order valence-electron chi connectivity index (χ4n) is 2.49. The first-order chi connectivity index (χ1) is 9.01. The molecule has 106 valence electrons. The van der Waals surface area contributed by atoms with Gasteiger partial charge in [-0.2, -0.15) is 0 Å².